The minimum atomic E-state index is -0.289. The van der Waals surface area contributed by atoms with Crippen LogP contribution in [0.2, 0.25) is 0 Å². The quantitative estimate of drug-likeness (QED) is 0.684. The van der Waals surface area contributed by atoms with Crippen molar-refractivity contribution in [2.24, 2.45) is 5.73 Å². The third-order valence-electron chi connectivity index (χ3n) is 4.95. The number of benzene rings is 2. The summed E-state index contributed by atoms with van der Waals surface area (Å²) in [5.74, 6) is 0.444. The Labute approximate surface area is 165 Å². The number of carbonyl (C=O) groups is 1. The molecule has 3 aromatic rings. The first-order chi connectivity index (χ1) is 13.0. The molecule has 0 fully saturated rings. The van der Waals surface area contributed by atoms with Crippen LogP contribution in [-0.4, -0.2) is 22.1 Å². The van der Waals surface area contributed by atoms with Crippen molar-refractivity contribution < 1.29 is 9.21 Å². The Morgan fingerprint density at radius 3 is 2.74 bits per heavy atom. The Bertz CT molecular complexity index is 987. The summed E-state index contributed by atoms with van der Waals surface area (Å²) in [6, 6.07) is 15.7. The van der Waals surface area contributed by atoms with Crippen LogP contribution in [0.15, 0.2) is 57.4 Å². The van der Waals surface area contributed by atoms with E-state index in [-0.39, 0.29) is 17.9 Å². The molecule has 2 heterocycles. The van der Waals surface area contributed by atoms with E-state index >= 15 is 0 Å². The predicted octanol–water partition coefficient (Wildman–Crippen LogP) is 3.87. The van der Waals surface area contributed by atoms with Crippen LogP contribution >= 0.6 is 15.9 Å². The highest BCUT2D eigenvalue weighted by Crippen LogP contribution is 2.39. The first kappa shape index (κ1) is 17.7. The summed E-state index contributed by atoms with van der Waals surface area (Å²) in [5, 5.41) is 8.41. The molecule has 2 unspecified atom stereocenters. The van der Waals surface area contributed by atoms with Crippen molar-refractivity contribution in [1.29, 1.82) is 0 Å². The van der Waals surface area contributed by atoms with Gasteiger partial charge in [-0.3, -0.25) is 4.79 Å². The monoisotopic (exact) mass is 426 g/mol. The molecule has 7 heteroatoms. The molecule has 1 aliphatic rings. The maximum absolute atomic E-state index is 11.9. The van der Waals surface area contributed by atoms with Gasteiger partial charge in [0.25, 0.3) is 0 Å². The molecular formula is C20H19BrN4O2. The first-order valence-corrected chi connectivity index (χ1v) is 9.56. The molecular weight excluding hydrogens is 408 g/mol. The van der Waals surface area contributed by atoms with Crippen LogP contribution in [0.25, 0.3) is 11.5 Å². The molecule has 0 spiro atoms. The number of hydrogen-bond acceptors (Lipinski definition) is 5. The minimum Gasteiger partial charge on any atom is -0.419 e. The van der Waals surface area contributed by atoms with Gasteiger partial charge in [-0.15, -0.1) is 10.2 Å². The fourth-order valence-corrected chi connectivity index (χ4v) is 4.05. The number of nitrogens with two attached hydrogens (primary N) is 1. The van der Waals surface area contributed by atoms with Gasteiger partial charge in [-0.2, -0.15) is 0 Å². The maximum atomic E-state index is 11.9. The topological polar surface area (TPSA) is 85.3 Å². The van der Waals surface area contributed by atoms with Gasteiger partial charge in [-0.1, -0.05) is 30.3 Å². The molecule has 0 saturated carbocycles. The number of aromatic nitrogens is 2. The summed E-state index contributed by atoms with van der Waals surface area (Å²) >= 11 is 3.51. The van der Waals surface area contributed by atoms with Gasteiger partial charge in [0, 0.05) is 16.2 Å². The standard InChI is InChI=1S/C20H19BrN4O2/c1-12-10-15(19(22)26)13-6-3-5-9-17(13)25(12)11-18-23-24-20(27-18)14-7-2-4-8-16(14)21/h2-9,12,15H,10-11H2,1H3,(H2,22,26). The molecule has 0 bridgehead atoms. The number of rotatable bonds is 4. The van der Waals surface area contributed by atoms with E-state index in [0.29, 0.717) is 24.7 Å². The van der Waals surface area contributed by atoms with Crippen molar-refractivity contribution in [3.05, 3.63) is 64.5 Å². The summed E-state index contributed by atoms with van der Waals surface area (Å²) in [7, 11) is 0. The van der Waals surface area contributed by atoms with Crippen LogP contribution in [0.3, 0.4) is 0 Å². The van der Waals surface area contributed by atoms with Crippen LogP contribution < -0.4 is 10.6 Å². The molecule has 1 amide bonds. The molecule has 2 aromatic carbocycles. The lowest BCUT2D eigenvalue weighted by Gasteiger charge is -2.39. The van der Waals surface area contributed by atoms with Crippen molar-refractivity contribution in [1.82, 2.24) is 10.2 Å². The van der Waals surface area contributed by atoms with Crippen LogP contribution in [-0.2, 0) is 11.3 Å². The van der Waals surface area contributed by atoms with E-state index in [1.165, 1.54) is 0 Å². The summed E-state index contributed by atoms with van der Waals surface area (Å²) in [6.07, 6.45) is 0.664. The molecule has 0 saturated heterocycles. The molecule has 138 valence electrons. The summed E-state index contributed by atoms with van der Waals surface area (Å²) in [4.78, 5) is 14.1. The number of hydrogen-bond donors (Lipinski definition) is 1. The highest BCUT2D eigenvalue weighted by atomic mass is 79.9. The molecule has 0 aliphatic carbocycles. The van der Waals surface area contributed by atoms with E-state index in [1.807, 2.05) is 48.5 Å². The van der Waals surface area contributed by atoms with Crippen LogP contribution in [0.4, 0.5) is 5.69 Å². The molecule has 1 aromatic heterocycles. The van der Waals surface area contributed by atoms with Gasteiger partial charge < -0.3 is 15.1 Å². The van der Waals surface area contributed by atoms with Crippen molar-refractivity contribution in [3.63, 3.8) is 0 Å². The normalized spacial score (nSPS) is 19.0. The number of nitrogens with zero attached hydrogens (tertiary/aromatic N) is 3. The van der Waals surface area contributed by atoms with Crippen molar-refractivity contribution in [3.8, 4) is 11.5 Å². The fraction of sp³-hybridized carbons (Fsp3) is 0.250. The Balaban J connectivity index is 1.64. The first-order valence-electron chi connectivity index (χ1n) is 8.76. The number of fused-ring (bicyclic) bond motifs is 1. The van der Waals surface area contributed by atoms with Crippen molar-refractivity contribution in [2.45, 2.75) is 31.8 Å². The Morgan fingerprint density at radius 2 is 1.96 bits per heavy atom. The molecule has 27 heavy (non-hydrogen) atoms. The number of carbonyl (C=O) groups excluding carboxylic acids is 1. The second-order valence-corrected chi connectivity index (χ2v) is 7.56. The van der Waals surface area contributed by atoms with Crippen molar-refractivity contribution in [2.75, 3.05) is 4.90 Å². The van der Waals surface area contributed by atoms with Crippen molar-refractivity contribution >= 4 is 27.5 Å². The Morgan fingerprint density at radius 1 is 1.22 bits per heavy atom. The smallest absolute Gasteiger partial charge is 0.248 e. The van der Waals surface area contributed by atoms with Gasteiger partial charge in [0.05, 0.1) is 18.0 Å². The number of primary amides is 1. The average molecular weight is 427 g/mol. The van der Waals surface area contributed by atoms with Gasteiger partial charge >= 0.3 is 0 Å². The fourth-order valence-electron chi connectivity index (χ4n) is 3.59. The van der Waals surface area contributed by atoms with Gasteiger partial charge in [0.15, 0.2) is 0 Å². The van der Waals surface area contributed by atoms with Gasteiger partial charge in [-0.05, 0) is 53.0 Å². The number of amides is 1. The lowest BCUT2D eigenvalue weighted by molar-refractivity contribution is -0.119. The van der Waals surface area contributed by atoms with E-state index in [4.69, 9.17) is 10.2 Å². The largest absolute Gasteiger partial charge is 0.419 e. The summed E-state index contributed by atoms with van der Waals surface area (Å²) in [6.45, 7) is 2.55. The third-order valence-corrected chi connectivity index (χ3v) is 5.64. The van der Waals surface area contributed by atoms with Crippen LogP contribution in [0.5, 0.6) is 0 Å². The zero-order chi connectivity index (χ0) is 19.0. The Hall–Kier alpha value is -2.67. The average Bonchev–Trinajstić information content (AvgIpc) is 3.12. The van der Waals surface area contributed by atoms with E-state index in [9.17, 15) is 4.79 Å². The maximum Gasteiger partial charge on any atom is 0.248 e. The zero-order valence-corrected chi connectivity index (χ0v) is 16.4. The second-order valence-electron chi connectivity index (χ2n) is 6.71. The van der Waals surface area contributed by atoms with Crippen LogP contribution in [0, 0.1) is 0 Å². The molecule has 4 rings (SSSR count). The highest BCUT2D eigenvalue weighted by molar-refractivity contribution is 9.10. The molecule has 2 N–H and O–H groups in total. The van der Waals surface area contributed by atoms with E-state index in [1.54, 1.807) is 0 Å². The van der Waals surface area contributed by atoms with E-state index < -0.39 is 0 Å². The Kier molecular flexibility index (Phi) is 4.70. The number of halogens is 1. The highest BCUT2D eigenvalue weighted by Gasteiger charge is 2.33. The summed E-state index contributed by atoms with van der Waals surface area (Å²) < 4.78 is 6.81. The molecule has 6 nitrogen and oxygen atoms in total. The van der Waals surface area contributed by atoms with E-state index in [2.05, 4.69) is 38.0 Å². The van der Waals surface area contributed by atoms with Gasteiger partial charge in [0.2, 0.25) is 17.7 Å². The number of anilines is 1. The second kappa shape index (κ2) is 7.15. The summed E-state index contributed by atoms with van der Waals surface area (Å²) in [5.41, 5.74) is 8.42. The third kappa shape index (κ3) is 3.35. The molecule has 0 radical (unpaired) electrons. The molecule has 1 aliphatic heterocycles. The number of para-hydroxylation sites is 1. The van der Waals surface area contributed by atoms with Gasteiger partial charge in [0.1, 0.15) is 0 Å². The van der Waals surface area contributed by atoms with Crippen LogP contribution in [0.1, 0.15) is 30.7 Å². The zero-order valence-electron chi connectivity index (χ0n) is 14.8. The minimum absolute atomic E-state index is 0.121. The van der Waals surface area contributed by atoms with Gasteiger partial charge in [-0.25, -0.2) is 0 Å². The lowest BCUT2D eigenvalue weighted by Crippen LogP contribution is -2.41. The molecule has 2 atom stereocenters. The lowest BCUT2D eigenvalue weighted by atomic mass is 9.85. The van der Waals surface area contributed by atoms with E-state index in [0.717, 1.165) is 21.3 Å². The SMILES string of the molecule is CC1CC(C(N)=O)c2ccccc2N1Cc1nnc(-c2ccccc2Br)o1. The predicted molar refractivity (Wildman–Crippen MR) is 106 cm³/mol.